The average Bonchev–Trinajstić information content (AvgIpc) is 2.74. The Labute approximate surface area is 117 Å². The lowest BCUT2D eigenvalue weighted by atomic mass is 9.85. The molecule has 3 nitrogen and oxygen atoms in total. The molecule has 0 saturated heterocycles. The highest BCUT2D eigenvalue weighted by molar-refractivity contribution is 7.14. The van der Waals surface area contributed by atoms with E-state index in [2.05, 4.69) is 19.1 Å². The highest BCUT2D eigenvalue weighted by atomic mass is 32.1. The summed E-state index contributed by atoms with van der Waals surface area (Å²) in [6, 6.07) is 1.73. The van der Waals surface area contributed by atoms with E-state index in [-0.39, 0.29) is 0 Å². The monoisotopic (exact) mass is 280 g/mol. The van der Waals surface area contributed by atoms with Crippen LogP contribution in [0.4, 0.5) is 0 Å². The summed E-state index contributed by atoms with van der Waals surface area (Å²) in [5.74, 6) is 0.399. The van der Waals surface area contributed by atoms with E-state index in [1.807, 2.05) is 6.92 Å². The summed E-state index contributed by atoms with van der Waals surface area (Å²) in [7, 11) is 0. The van der Waals surface area contributed by atoms with Crippen LogP contribution in [0.25, 0.3) is 0 Å². The Morgan fingerprint density at radius 2 is 2.21 bits per heavy atom. The first-order valence-electron chi connectivity index (χ1n) is 6.63. The quantitative estimate of drug-likeness (QED) is 0.833. The predicted molar refractivity (Wildman–Crippen MR) is 76.7 cm³/mol. The van der Waals surface area contributed by atoms with Crippen molar-refractivity contribution in [1.29, 1.82) is 0 Å². The Bertz CT molecular complexity index is 476. The number of aryl methyl sites for hydroxylation is 1. The molecule has 1 aliphatic carbocycles. The number of hydrogen-bond donors (Lipinski definition) is 1. The smallest absolute Gasteiger partial charge is 0.345 e. The van der Waals surface area contributed by atoms with Crippen molar-refractivity contribution in [3.05, 3.63) is 33.5 Å². The molecule has 0 fully saturated rings. The Balaban J connectivity index is 1.85. The fourth-order valence-corrected chi connectivity index (χ4v) is 3.20. The zero-order valence-corrected chi connectivity index (χ0v) is 12.2. The van der Waals surface area contributed by atoms with Crippen LogP contribution in [0.15, 0.2) is 18.2 Å². The maximum Gasteiger partial charge on any atom is 0.345 e. The summed E-state index contributed by atoms with van der Waals surface area (Å²) < 4.78 is 5.78. The molecule has 19 heavy (non-hydrogen) atoms. The molecular weight excluding hydrogens is 260 g/mol. The van der Waals surface area contributed by atoms with E-state index in [0.717, 1.165) is 29.9 Å². The third kappa shape index (κ3) is 3.67. The van der Waals surface area contributed by atoms with Gasteiger partial charge in [0.2, 0.25) is 0 Å². The minimum absolute atomic E-state index is 0.394. The summed E-state index contributed by atoms with van der Waals surface area (Å²) in [6.45, 7) is 5.48. The van der Waals surface area contributed by atoms with Crippen LogP contribution in [0.3, 0.4) is 0 Å². The highest BCUT2D eigenvalue weighted by Gasteiger charge is 2.18. The largest absolute Gasteiger partial charge is 0.477 e. The molecule has 2 atom stereocenters. The molecule has 2 rings (SSSR count). The van der Waals surface area contributed by atoms with Crippen LogP contribution in [0, 0.1) is 18.8 Å². The Morgan fingerprint density at radius 3 is 2.84 bits per heavy atom. The molecule has 0 saturated carbocycles. The van der Waals surface area contributed by atoms with Crippen molar-refractivity contribution in [2.45, 2.75) is 33.3 Å². The Morgan fingerprint density at radius 1 is 1.47 bits per heavy atom. The number of allylic oxidation sites excluding steroid dienone is 2. The van der Waals surface area contributed by atoms with E-state index in [1.165, 1.54) is 11.3 Å². The first-order valence-corrected chi connectivity index (χ1v) is 7.45. The number of carboxylic acids is 1. The van der Waals surface area contributed by atoms with Crippen LogP contribution < -0.4 is 0 Å². The molecule has 1 N–H and O–H groups in total. The topological polar surface area (TPSA) is 46.5 Å². The van der Waals surface area contributed by atoms with E-state index in [1.54, 1.807) is 6.07 Å². The van der Waals surface area contributed by atoms with Gasteiger partial charge in [0.05, 0.1) is 13.2 Å². The molecule has 1 aliphatic rings. The van der Waals surface area contributed by atoms with Gasteiger partial charge in [0.25, 0.3) is 0 Å². The van der Waals surface area contributed by atoms with Gasteiger partial charge in [-0.25, -0.2) is 4.79 Å². The lowest BCUT2D eigenvalue weighted by Gasteiger charge is -2.24. The van der Waals surface area contributed by atoms with Gasteiger partial charge in [-0.15, -0.1) is 11.3 Å². The standard InChI is InChI=1S/C15H20O3S/c1-10-5-3-4-6-12(10)8-18-9-13-7-14(15(16)17)19-11(13)2/h3-4,7,10,12H,5-6,8-9H2,1-2H3,(H,16,17). The molecule has 1 aromatic rings. The second-order valence-corrected chi connectivity index (χ2v) is 6.45. The number of ether oxygens (including phenoxy) is 1. The van der Waals surface area contributed by atoms with Crippen molar-refractivity contribution in [2.24, 2.45) is 11.8 Å². The number of rotatable bonds is 5. The number of carboxylic acid groups (broad SMARTS) is 1. The first kappa shape index (κ1) is 14.3. The van der Waals surface area contributed by atoms with E-state index < -0.39 is 5.97 Å². The van der Waals surface area contributed by atoms with Gasteiger partial charge in [-0.05, 0) is 43.2 Å². The van der Waals surface area contributed by atoms with Crippen molar-refractivity contribution in [3.8, 4) is 0 Å². The summed E-state index contributed by atoms with van der Waals surface area (Å²) in [4.78, 5) is 12.3. The third-order valence-corrected chi connectivity index (χ3v) is 4.82. The number of hydrogen-bond acceptors (Lipinski definition) is 3. The molecule has 0 amide bonds. The van der Waals surface area contributed by atoms with Crippen molar-refractivity contribution in [3.63, 3.8) is 0 Å². The third-order valence-electron chi connectivity index (χ3n) is 3.74. The maximum atomic E-state index is 10.9. The molecule has 0 aliphatic heterocycles. The fraction of sp³-hybridized carbons (Fsp3) is 0.533. The summed E-state index contributed by atoms with van der Waals surface area (Å²) >= 11 is 1.32. The van der Waals surface area contributed by atoms with Gasteiger partial charge in [-0.2, -0.15) is 0 Å². The summed E-state index contributed by atoms with van der Waals surface area (Å²) in [6.07, 6.45) is 6.69. The van der Waals surface area contributed by atoms with Crippen molar-refractivity contribution >= 4 is 17.3 Å². The van der Waals surface area contributed by atoms with Crippen LogP contribution in [-0.2, 0) is 11.3 Å². The van der Waals surface area contributed by atoms with Crippen LogP contribution in [0.5, 0.6) is 0 Å². The lowest BCUT2D eigenvalue weighted by Crippen LogP contribution is -2.19. The predicted octanol–water partition coefficient (Wildman–Crippen LogP) is 3.87. The van der Waals surface area contributed by atoms with Gasteiger partial charge in [0, 0.05) is 4.88 Å². The molecule has 0 bridgehead atoms. The van der Waals surface area contributed by atoms with Gasteiger partial charge in [-0.3, -0.25) is 0 Å². The van der Waals surface area contributed by atoms with Gasteiger partial charge in [-0.1, -0.05) is 19.1 Å². The lowest BCUT2D eigenvalue weighted by molar-refractivity contribution is 0.0676. The minimum Gasteiger partial charge on any atom is -0.477 e. The van der Waals surface area contributed by atoms with E-state index in [0.29, 0.717) is 23.3 Å². The first-order chi connectivity index (χ1) is 9.08. The van der Waals surface area contributed by atoms with Gasteiger partial charge < -0.3 is 9.84 Å². The van der Waals surface area contributed by atoms with Crippen LogP contribution in [0.1, 0.15) is 39.9 Å². The van der Waals surface area contributed by atoms with E-state index >= 15 is 0 Å². The summed E-state index contributed by atoms with van der Waals surface area (Å²) in [5, 5.41) is 8.95. The van der Waals surface area contributed by atoms with Crippen molar-refractivity contribution in [2.75, 3.05) is 6.61 Å². The second-order valence-electron chi connectivity index (χ2n) is 5.19. The molecule has 2 unspecified atom stereocenters. The molecule has 0 spiro atoms. The van der Waals surface area contributed by atoms with Gasteiger partial charge in [0.1, 0.15) is 4.88 Å². The van der Waals surface area contributed by atoms with Crippen LogP contribution >= 0.6 is 11.3 Å². The van der Waals surface area contributed by atoms with Crippen molar-refractivity contribution in [1.82, 2.24) is 0 Å². The van der Waals surface area contributed by atoms with Gasteiger partial charge in [0.15, 0.2) is 0 Å². The molecule has 104 valence electrons. The zero-order valence-electron chi connectivity index (χ0n) is 11.4. The number of aromatic carboxylic acids is 1. The number of carbonyl (C=O) groups is 1. The summed E-state index contributed by atoms with van der Waals surface area (Å²) in [5.41, 5.74) is 1.00. The minimum atomic E-state index is -0.856. The van der Waals surface area contributed by atoms with E-state index in [9.17, 15) is 4.79 Å². The molecule has 1 heterocycles. The van der Waals surface area contributed by atoms with Gasteiger partial charge >= 0.3 is 5.97 Å². The normalized spacial score (nSPS) is 22.6. The maximum absolute atomic E-state index is 10.9. The van der Waals surface area contributed by atoms with E-state index in [4.69, 9.17) is 9.84 Å². The Kier molecular flexibility index (Phi) is 4.77. The molecule has 4 heteroatoms. The molecule has 1 aromatic heterocycles. The van der Waals surface area contributed by atoms with Crippen molar-refractivity contribution < 1.29 is 14.6 Å². The SMILES string of the molecule is Cc1sc(C(=O)O)cc1COCC1CC=CCC1C. The fourth-order valence-electron chi connectivity index (χ4n) is 2.33. The van der Waals surface area contributed by atoms with Crippen LogP contribution in [0.2, 0.25) is 0 Å². The molecule has 0 radical (unpaired) electrons. The zero-order chi connectivity index (χ0) is 13.8. The molecule has 0 aromatic carbocycles. The number of thiophene rings is 1. The Hall–Kier alpha value is -1.13. The highest BCUT2D eigenvalue weighted by Crippen LogP contribution is 2.26. The second kappa shape index (κ2) is 6.35. The molecular formula is C15H20O3S. The van der Waals surface area contributed by atoms with Crippen LogP contribution in [-0.4, -0.2) is 17.7 Å². The average molecular weight is 280 g/mol.